The zero-order valence-corrected chi connectivity index (χ0v) is 15.3. The van der Waals surface area contributed by atoms with Gasteiger partial charge in [-0.1, -0.05) is 59.6 Å². The van der Waals surface area contributed by atoms with Gasteiger partial charge in [0, 0.05) is 0 Å². The lowest BCUT2D eigenvalue weighted by Gasteiger charge is -2.22. The summed E-state index contributed by atoms with van der Waals surface area (Å²) in [6.45, 7) is 1.59. The molecule has 1 aliphatic rings. The fraction of sp³-hybridized carbons (Fsp3) is 0.167. The number of carbonyl (C=O) groups excluding carboxylic acids is 3. The molecule has 0 aromatic heterocycles. The molecule has 26 heavy (non-hydrogen) atoms. The van der Waals surface area contributed by atoms with Crippen LogP contribution in [0.15, 0.2) is 48.5 Å². The summed E-state index contributed by atoms with van der Waals surface area (Å²) < 4.78 is 0. The van der Waals surface area contributed by atoms with Gasteiger partial charge in [0.25, 0.3) is 5.91 Å². The average molecular weight is 392 g/mol. The first-order chi connectivity index (χ1) is 12.3. The van der Waals surface area contributed by atoms with Crippen LogP contribution in [0.25, 0.3) is 0 Å². The number of rotatable bonds is 4. The standard InChI is InChI=1S/C18H15Cl2N3O3/c1-18(12-5-3-2-4-6-12)16(25)23(17(26)21-18)22-15(24)10-11-7-8-13(19)14(20)9-11/h2-9H,10H2,1H3,(H,21,26)(H,22,24)/t18-/m1/s1. The molecule has 0 radical (unpaired) electrons. The molecule has 134 valence electrons. The lowest BCUT2D eigenvalue weighted by molar-refractivity contribution is -0.138. The second-order valence-electron chi connectivity index (χ2n) is 6.02. The maximum atomic E-state index is 12.7. The Morgan fingerprint density at radius 3 is 2.46 bits per heavy atom. The van der Waals surface area contributed by atoms with Crippen molar-refractivity contribution in [3.8, 4) is 0 Å². The van der Waals surface area contributed by atoms with Gasteiger partial charge in [-0.05, 0) is 30.2 Å². The van der Waals surface area contributed by atoms with Crippen molar-refractivity contribution >= 4 is 41.0 Å². The Kier molecular flexibility index (Phi) is 4.89. The zero-order valence-electron chi connectivity index (χ0n) is 13.8. The van der Waals surface area contributed by atoms with E-state index in [1.807, 2.05) is 6.07 Å². The Morgan fingerprint density at radius 1 is 1.12 bits per heavy atom. The summed E-state index contributed by atoms with van der Waals surface area (Å²) in [6, 6.07) is 12.9. The second-order valence-corrected chi connectivity index (χ2v) is 6.84. The molecule has 0 bridgehead atoms. The summed E-state index contributed by atoms with van der Waals surface area (Å²) in [4.78, 5) is 37.2. The van der Waals surface area contributed by atoms with E-state index in [1.165, 1.54) is 0 Å². The van der Waals surface area contributed by atoms with Gasteiger partial charge < -0.3 is 5.32 Å². The second kappa shape index (κ2) is 6.97. The third kappa shape index (κ3) is 3.38. The quantitative estimate of drug-likeness (QED) is 0.786. The number of imide groups is 1. The average Bonchev–Trinajstić information content (AvgIpc) is 2.83. The van der Waals surface area contributed by atoms with E-state index in [9.17, 15) is 14.4 Å². The zero-order chi connectivity index (χ0) is 18.9. The molecule has 4 amide bonds. The molecule has 0 aliphatic carbocycles. The van der Waals surface area contributed by atoms with E-state index in [1.54, 1.807) is 49.4 Å². The van der Waals surface area contributed by atoms with Crippen LogP contribution in [0.1, 0.15) is 18.1 Å². The molecule has 6 nitrogen and oxygen atoms in total. The maximum absolute atomic E-state index is 12.7. The highest BCUT2D eigenvalue weighted by molar-refractivity contribution is 6.42. The molecule has 1 saturated heterocycles. The van der Waals surface area contributed by atoms with Crippen molar-refractivity contribution in [1.82, 2.24) is 15.8 Å². The molecule has 1 fully saturated rings. The van der Waals surface area contributed by atoms with Gasteiger partial charge in [-0.25, -0.2) is 4.79 Å². The monoisotopic (exact) mass is 391 g/mol. The van der Waals surface area contributed by atoms with Crippen LogP contribution in [0, 0.1) is 0 Å². The number of carbonyl (C=O) groups is 3. The number of amides is 4. The smallest absolute Gasteiger partial charge is 0.318 e. The van der Waals surface area contributed by atoms with E-state index in [4.69, 9.17) is 23.2 Å². The summed E-state index contributed by atoms with van der Waals surface area (Å²) in [5.74, 6) is -1.08. The van der Waals surface area contributed by atoms with Crippen LogP contribution >= 0.6 is 23.2 Å². The van der Waals surface area contributed by atoms with E-state index in [0.29, 0.717) is 26.2 Å². The van der Waals surface area contributed by atoms with E-state index >= 15 is 0 Å². The number of nitrogens with zero attached hydrogens (tertiary/aromatic N) is 1. The molecule has 2 aromatic carbocycles. The Bertz CT molecular complexity index is 889. The highest BCUT2D eigenvalue weighted by Crippen LogP contribution is 2.27. The Hall–Kier alpha value is -2.57. The Balaban J connectivity index is 1.73. The third-order valence-corrected chi connectivity index (χ3v) is 4.87. The minimum atomic E-state index is -1.24. The van der Waals surface area contributed by atoms with Gasteiger partial charge in [0.15, 0.2) is 0 Å². The van der Waals surface area contributed by atoms with E-state index in [2.05, 4.69) is 10.7 Å². The number of benzene rings is 2. The third-order valence-electron chi connectivity index (χ3n) is 4.13. The van der Waals surface area contributed by atoms with Gasteiger partial charge in [0.05, 0.1) is 16.5 Å². The summed E-state index contributed by atoms with van der Waals surface area (Å²) in [7, 11) is 0. The van der Waals surface area contributed by atoms with Crippen molar-refractivity contribution in [2.75, 3.05) is 0 Å². The molecule has 3 rings (SSSR count). The number of hydrazine groups is 1. The first kappa shape index (κ1) is 18.2. The van der Waals surface area contributed by atoms with Crippen molar-refractivity contribution in [3.63, 3.8) is 0 Å². The van der Waals surface area contributed by atoms with Crippen LogP contribution in [0.5, 0.6) is 0 Å². The van der Waals surface area contributed by atoms with Crippen LogP contribution < -0.4 is 10.7 Å². The number of hydrogen-bond donors (Lipinski definition) is 2. The van der Waals surface area contributed by atoms with Gasteiger partial charge in [0.1, 0.15) is 5.54 Å². The molecule has 1 atom stereocenters. The Morgan fingerprint density at radius 2 is 1.81 bits per heavy atom. The van der Waals surface area contributed by atoms with Crippen molar-refractivity contribution < 1.29 is 14.4 Å². The van der Waals surface area contributed by atoms with E-state index in [0.717, 1.165) is 0 Å². The first-order valence-electron chi connectivity index (χ1n) is 7.77. The molecule has 8 heteroatoms. The lowest BCUT2D eigenvalue weighted by Crippen LogP contribution is -2.48. The minimum Gasteiger partial charge on any atom is -0.318 e. The summed E-state index contributed by atoms with van der Waals surface area (Å²) in [5, 5.41) is 4.02. The number of urea groups is 1. The van der Waals surface area contributed by atoms with Gasteiger partial charge in [-0.15, -0.1) is 0 Å². The highest BCUT2D eigenvalue weighted by Gasteiger charge is 2.49. The van der Waals surface area contributed by atoms with Gasteiger partial charge in [0.2, 0.25) is 5.91 Å². The SMILES string of the molecule is C[C@]1(c2ccccc2)NC(=O)N(NC(=O)Cc2ccc(Cl)c(Cl)c2)C1=O. The molecule has 0 spiro atoms. The first-order valence-corrected chi connectivity index (χ1v) is 8.52. The van der Waals surface area contributed by atoms with Crippen LogP contribution in [-0.4, -0.2) is 22.9 Å². The minimum absolute atomic E-state index is 0.0595. The summed E-state index contributed by atoms with van der Waals surface area (Å²) in [6.07, 6.45) is -0.0595. The number of halogens is 2. The molecule has 0 unspecified atom stereocenters. The van der Waals surface area contributed by atoms with Gasteiger partial charge >= 0.3 is 6.03 Å². The molecule has 2 aromatic rings. The molecular formula is C18H15Cl2N3O3. The number of hydrogen-bond acceptors (Lipinski definition) is 3. The number of nitrogens with one attached hydrogen (secondary N) is 2. The topological polar surface area (TPSA) is 78.5 Å². The largest absolute Gasteiger partial charge is 0.344 e. The van der Waals surface area contributed by atoms with Gasteiger partial charge in [-0.3, -0.25) is 15.0 Å². The van der Waals surface area contributed by atoms with Gasteiger partial charge in [-0.2, -0.15) is 5.01 Å². The lowest BCUT2D eigenvalue weighted by atomic mass is 9.92. The van der Waals surface area contributed by atoms with E-state index in [-0.39, 0.29) is 6.42 Å². The van der Waals surface area contributed by atoms with Crippen LogP contribution in [0.2, 0.25) is 10.0 Å². The van der Waals surface area contributed by atoms with Crippen molar-refractivity contribution in [2.45, 2.75) is 18.9 Å². The molecule has 1 aliphatic heterocycles. The molecule has 0 saturated carbocycles. The maximum Gasteiger partial charge on any atom is 0.344 e. The molecular weight excluding hydrogens is 377 g/mol. The normalized spacial score (nSPS) is 19.4. The Labute approximate surface area is 160 Å². The van der Waals surface area contributed by atoms with Crippen molar-refractivity contribution in [3.05, 3.63) is 69.7 Å². The highest BCUT2D eigenvalue weighted by atomic mass is 35.5. The van der Waals surface area contributed by atoms with Crippen LogP contribution in [0.4, 0.5) is 4.79 Å². The fourth-order valence-corrected chi connectivity index (χ4v) is 3.03. The van der Waals surface area contributed by atoms with Crippen LogP contribution in [0.3, 0.4) is 0 Å². The predicted octanol–water partition coefficient (Wildman–Crippen LogP) is 3.03. The summed E-state index contributed by atoms with van der Waals surface area (Å²) >= 11 is 11.8. The van der Waals surface area contributed by atoms with Crippen molar-refractivity contribution in [1.29, 1.82) is 0 Å². The van der Waals surface area contributed by atoms with Crippen LogP contribution in [-0.2, 0) is 21.5 Å². The summed E-state index contributed by atoms with van der Waals surface area (Å²) in [5.41, 5.74) is 2.33. The fourth-order valence-electron chi connectivity index (χ4n) is 2.71. The van der Waals surface area contributed by atoms with Crippen molar-refractivity contribution in [2.24, 2.45) is 0 Å². The molecule has 1 heterocycles. The predicted molar refractivity (Wildman–Crippen MR) is 97.5 cm³/mol. The van der Waals surface area contributed by atoms with E-state index < -0.39 is 23.4 Å². The molecule has 2 N–H and O–H groups in total.